The van der Waals surface area contributed by atoms with Gasteiger partial charge in [-0.3, -0.25) is 0 Å². The van der Waals surface area contributed by atoms with Crippen LogP contribution in [0.1, 0.15) is 31.7 Å². The molecule has 0 amide bonds. The van der Waals surface area contributed by atoms with Gasteiger partial charge in [-0.1, -0.05) is 37.3 Å². The average molecular weight is 240 g/mol. The standard InChI is InChI=1S/C16H16O2/c1-16-11-7-8-13(16)18-15(17)14(12(16)9-11)10-5-3-2-4-6-10/h2-6,11,13H,7-9H2,1H3/t11-,13-,16-/m1/s1. The molecule has 0 spiro atoms. The Balaban J connectivity index is 1.90. The van der Waals surface area contributed by atoms with E-state index in [4.69, 9.17) is 4.74 Å². The molecular weight excluding hydrogens is 224 g/mol. The fourth-order valence-electron chi connectivity index (χ4n) is 4.07. The molecule has 0 bridgehead atoms. The molecule has 2 heteroatoms. The fraction of sp³-hybridized carbons (Fsp3) is 0.438. The quantitative estimate of drug-likeness (QED) is 0.705. The number of hydrogen-bond donors (Lipinski definition) is 0. The molecule has 1 aromatic rings. The van der Waals surface area contributed by atoms with Crippen molar-refractivity contribution in [3.63, 3.8) is 0 Å². The predicted octanol–water partition coefficient (Wildman–Crippen LogP) is 3.19. The summed E-state index contributed by atoms with van der Waals surface area (Å²) in [5.41, 5.74) is 3.34. The lowest BCUT2D eigenvalue weighted by Gasteiger charge is -2.51. The number of carbonyl (C=O) groups is 1. The Morgan fingerprint density at radius 1 is 1.22 bits per heavy atom. The van der Waals surface area contributed by atoms with Crippen molar-refractivity contribution in [2.75, 3.05) is 0 Å². The summed E-state index contributed by atoms with van der Waals surface area (Å²) in [4.78, 5) is 12.2. The van der Waals surface area contributed by atoms with Crippen molar-refractivity contribution in [2.24, 2.45) is 11.3 Å². The summed E-state index contributed by atoms with van der Waals surface area (Å²) in [5.74, 6) is 0.614. The summed E-state index contributed by atoms with van der Waals surface area (Å²) in [6, 6.07) is 9.96. The molecule has 0 aromatic heterocycles. The van der Waals surface area contributed by atoms with Crippen LogP contribution in [0.3, 0.4) is 0 Å². The molecule has 2 saturated carbocycles. The summed E-state index contributed by atoms with van der Waals surface area (Å²) in [5, 5.41) is 0. The van der Waals surface area contributed by atoms with Gasteiger partial charge in [0.25, 0.3) is 0 Å². The smallest absolute Gasteiger partial charge is 0.339 e. The van der Waals surface area contributed by atoms with Crippen molar-refractivity contribution in [3.8, 4) is 0 Å². The lowest BCUT2D eigenvalue weighted by atomic mass is 9.56. The molecule has 2 aliphatic carbocycles. The second-order valence-corrected chi connectivity index (χ2v) is 5.87. The number of ether oxygens (including phenoxy) is 1. The van der Waals surface area contributed by atoms with Crippen LogP contribution in [-0.2, 0) is 9.53 Å². The molecule has 2 fully saturated rings. The molecule has 0 radical (unpaired) electrons. The minimum absolute atomic E-state index is 0.112. The van der Waals surface area contributed by atoms with Crippen LogP contribution in [0.2, 0.25) is 0 Å². The largest absolute Gasteiger partial charge is 0.458 e. The molecule has 0 N–H and O–H groups in total. The third-order valence-corrected chi connectivity index (χ3v) is 5.21. The van der Waals surface area contributed by atoms with Gasteiger partial charge in [0, 0.05) is 5.41 Å². The zero-order valence-corrected chi connectivity index (χ0v) is 10.5. The first-order valence-electron chi connectivity index (χ1n) is 6.71. The van der Waals surface area contributed by atoms with Crippen molar-refractivity contribution >= 4 is 11.5 Å². The Hall–Kier alpha value is -1.57. The van der Waals surface area contributed by atoms with E-state index in [9.17, 15) is 4.79 Å². The lowest BCUT2D eigenvalue weighted by molar-refractivity contribution is -0.151. The van der Waals surface area contributed by atoms with Gasteiger partial charge in [-0.15, -0.1) is 0 Å². The third-order valence-electron chi connectivity index (χ3n) is 5.21. The van der Waals surface area contributed by atoms with E-state index < -0.39 is 0 Å². The second-order valence-electron chi connectivity index (χ2n) is 5.87. The molecule has 0 saturated heterocycles. The summed E-state index contributed by atoms with van der Waals surface area (Å²) in [6.45, 7) is 2.28. The Morgan fingerprint density at radius 2 is 2.00 bits per heavy atom. The van der Waals surface area contributed by atoms with Gasteiger partial charge in [-0.2, -0.15) is 0 Å². The Bertz CT molecular complexity index is 558. The molecule has 0 unspecified atom stereocenters. The zero-order valence-electron chi connectivity index (χ0n) is 10.5. The number of esters is 1. The van der Waals surface area contributed by atoms with Gasteiger partial charge in [0.2, 0.25) is 0 Å². The van der Waals surface area contributed by atoms with Gasteiger partial charge in [-0.25, -0.2) is 4.79 Å². The summed E-state index contributed by atoms with van der Waals surface area (Å²) >= 11 is 0. The second kappa shape index (κ2) is 3.25. The van der Waals surface area contributed by atoms with Gasteiger partial charge < -0.3 is 4.74 Å². The molecule has 3 aliphatic rings. The number of carbonyl (C=O) groups excluding carboxylic acids is 1. The van der Waals surface area contributed by atoms with Gasteiger partial charge in [0.1, 0.15) is 6.10 Å². The zero-order chi connectivity index (χ0) is 12.3. The maximum absolute atomic E-state index is 12.2. The van der Waals surface area contributed by atoms with Gasteiger partial charge in [0.05, 0.1) is 5.57 Å². The molecular formula is C16H16O2. The first kappa shape index (κ1) is 10.4. The van der Waals surface area contributed by atoms with Gasteiger partial charge in [-0.05, 0) is 36.3 Å². The van der Waals surface area contributed by atoms with E-state index in [1.165, 1.54) is 12.0 Å². The highest BCUT2D eigenvalue weighted by Gasteiger charge is 2.61. The fourth-order valence-corrected chi connectivity index (χ4v) is 4.07. The highest BCUT2D eigenvalue weighted by Crippen LogP contribution is 2.65. The van der Waals surface area contributed by atoms with Crippen molar-refractivity contribution in [2.45, 2.75) is 32.3 Å². The number of rotatable bonds is 1. The van der Waals surface area contributed by atoms with Crippen LogP contribution in [0.5, 0.6) is 0 Å². The minimum atomic E-state index is -0.112. The van der Waals surface area contributed by atoms with Crippen LogP contribution in [-0.4, -0.2) is 12.1 Å². The predicted molar refractivity (Wildman–Crippen MR) is 68.7 cm³/mol. The van der Waals surface area contributed by atoms with Crippen LogP contribution in [0.15, 0.2) is 35.9 Å². The molecule has 1 aromatic carbocycles. The average Bonchev–Trinajstić information content (AvgIpc) is 2.67. The van der Waals surface area contributed by atoms with Crippen LogP contribution in [0, 0.1) is 11.3 Å². The van der Waals surface area contributed by atoms with E-state index >= 15 is 0 Å². The monoisotopic (exact) mass is 240 g/mol. The Morgan fingerprint density at radius 3 is 2.78 bits per heavy atom. The van der Waals surface area contributed by atoms with Crippen molar-refractivity contribution in [1.82, 2.24) is 0 Å². The molecule has 18 heavy (non-hydrogen) atoms. The van der Waals surface area contributed by atoms with Crippen LogP contribution in [0.25, 0.3) is 5.57 Å². The van der Waals surface area contributed by atoms with E-state index in [0.29, 0.717) is 0 Å². The summed E-state index contributed by atoms with van der Waals surface area (Å²) in [7, 11) is 0. The van der Waals surface area contributed by atoms with Gasteiger partial charge >= 0.3 is 5.97 Å². The van der Waals surface area contributed by atoms with E-state index in [2.05, 4.69) is 6.92 Å². The number of benzene rings is 1. The van der Waals surface area contributed by atoms with E-state index in [1.807, 2.05) is 30.3 Å². The van der Waals surface area contributed by atoms with E-state index in [0.717, 1.165) is 29.9 Å². The number of hydrogen-bond acceptors (Lipinski definition) is 2. The molecule has 1 heterocycles. The molecule has 3 atom stereocenters. The lowest BCUT2D eigenvalue weighted by Crippen LogP contribution is -2.49. The van der Waals surface area contributed by atoms with Crippen LogP contribution in [0.4, 0.5) is 0 Å². The SMILES string of the molecule is C[C@@]12C3=C(c4ccccc4)C(=O)O[C@@H]1CC[C@@H]2C3. The maximum atomic E-state index is 12.2. The Labute approximate surface area is 107 Å². The third kappa shape index (κ3) is 1.07. The molecule has 2 nitrogen and oxygen atoms in total. The highest BCUT2D eigenvalue weighted by atomic mass is 16.5. The van der Waals surface area contributed by atoms with E-state index in [-0.39, 0.29) is 17.5 Å². The first-order valence-corrected chi connectivity index (χ1v) is 6.71. The van der Waals surface area contributed by atoms with Crippen LogP contribution < -0.4 is 0 Å². The molecule has 92 valence electrons. The topological polar surface area (TPSA) is 26.3 Å². The van der Waals surface area contributed by atoms with Gasteiger partial charge in [0.15, 0.2) is 0 Å². The van der Waals surface area contributed by atoms with Crippen LogP contribution >= 0.6 is 0 Å². The molecule has 4 rings (SSSR count). The molecule has 1 aliphatic heterocycles. The summed E-state index contributed by atoms with van der Waals surface area (Å²) < 4.78 is 5.68. The van der Waals surface area contributed by atoms with Crippen molar-refractivity contribution in [1.29, 1.82) is 0 Å². The normalized spacial score (nSPS) is 37.1. The van der Waals surface area contributed by atoms with E-state index in [1.54, 1.807) is 0 Å². The van der Waals surface area contributed by atoms with Crippen molar-refractivity contribution in [3.05, 3.63) is 41.5 Å². The summed E-state index contributed by atoms with van der Waals surface area (Å²) in [6.07, 6.45) is 3.47. The minimum Gasteiger partial charge on any atom is -0.458 e. The first-order chi connectivity index (χ1) is 8.71. The highest BCUT2D eigenvalue weighted by molar-refractivity contribution is 6.19. The Kier molecular flexibility index (Phi) is 1.87. The van der Waals surface area contributed by atoms with Crippen molar-refractivity contribution < 1.29 is 9.53 Å². The maximum Gasteiger partial charge on any atom is 0.339 e.